The number of hydrogen-bond donors (Lipinski definition) is 1. The second-order valence-corrected chi connectivity index (χ2v) is 6.72. The Balaban J connectivity index is 1.97. The Hall–Kier alpha value is -3.81. The fourth-order valence-corrected chi connectivity index (χ4v) is 3.38. The van der Waals surface area contributed by atoms with Crippen LogP contribution in [-0.4, -0.2) is 16.8 Å². The predicted octanol–water partition coefficient (Wildman–Crippen LogP) is 4.63. The van der Waals surface area contributed by atoms with Crippen molar-refractivity contribution < 1.29 is 32.3 Å². The molecule has 1 atom stereocenters. The van der Waals surface area contributed by atoms with E-state index in [2.05, 4.69) is 0 Å². The molecule has 0 aliphatic carbocycles. The highest BCUT2D eigenvalue weighted by molar-refractivity contribution is 6.51. The first-order valence-electron chi connectivity index (χ1n) is 8.86. The molecule has 1 aromatic heterocycles. The first-order chi connectivity index (χ1) is 14.3. The van der Waals surface area contributed by atoms with Crippen LogP contribution in [0.1, 0.15) is 23.1 Å². The van der Waals surface area contributed by atoms with Gasteiger partial charge in [-0.2, -0.15) is 0 Å². The number of halogens is 3. The molecule has 152 valence electrons. The van der Waals surface area contributed by atoms with Crippen LogP contribution in [-0.2, 0) is 9.59 Å². The third-order valence-corrected chi connectivity index (χ3v) is 4.76. The third kappa shape index (κ3) is 3.16. The number of amides is 1. The Labute approximate surface area is 168 Å². The van der Waals surface area contributed by atoms with E-state index in [1.807, 2.05) is 0 Å². The zero-order valence-corrected chi connectivity index (χ0v) is 15.5. The Morgan fingerprint density at radius 1 is 0.967 bits per heavy atom. The first kappa shape index (κ1) is 19.5. The molecule has 5 nitrogen and oxygen atoms in total. The van der Waals surface area contributed by atoms with E-state index < -0.39 is 46.6 Å². The van der Waals surface area contributed by atoms with Gasteiger partial charge in [0.15, 0.2) is 0 Å². The average Bonchev–Trinajstić information content (AvgIpc) is 3.25. The van der Waals surface area contributed by atoms with Gasteiger partial charge in [-0.15, -0.1) is 0 Å². The van der Waals surface area contributed by atoms with Crippen LogP contribution in [0.4, 0.5) is 18.9 Å². The van der Waals surface area contributed by atoms with Crippen LogP contribution in [0.2, 0.25) is 0 Å². The van der Waals surface area contributed by atoms with Crippen molar-refractivity contribution in [3.63, 3.8) is 0 Å². The summed E-state index contributed by atoms with van der Waals surface area (Å²) >= 11 is 0. The zero-order valence-electron chi connectivity index (χ0n) is 15.5. The molecule has 30 heavy (non-hydrogen) atoms. The summed E-state index contributed by atoms with van der Waals surface area (Å²) < 4.78 is 47.1. The third-order valence-electron chi connectivity index (χ3n) is 4.76. The quantitative estimate of drug-likeness (QED) is 0.386. The molecular formula is C22H14F3NO4. The Kier molecular flexibility index (Phi) is 4.69. The van der Waals surface area contributed by atoms with E-state index in [9.17, 15) is 27.9 Å². The number of anilines is 1. The molecule has 1 saturated heterocycles. The zero-order chi connectivity index (χ0) is 21.6. The smallest absolute Gasteiger partial charge is 0.300 e. The number of ketones is 1. The van der Waals surface area contributed by atoms with Gasteiger partial charge in [0.25, 0.3) is 11.7 Å². The number of aryl methyl sites for hydroxylation is 1. The first-order valence-corrected chi connectivity index (χ1v) is 8.86. The summed E-state index contributed by atoms with van der Waals surface area (Å²) in [4.78, 5) is 26.4. The summed E-state index contributed by atoms with van der Waals surface area (Å²) in [6.07, 6.45) is 0. The maximum Gasteiger partial charge on any atom is 0.300 e. The molecule has 1 aliphatic heterocycles. The van der Waals surface area contributed by atoms with E-state index in [0.717, 1.165) is 35.2 Å². The van der Waals surface area contributed by atoms with Crippen molar-refractivity contribution in [3.8, 4) is 0 Å². The fraction of sp³-hybridized carbons (Fsp3) is 0.0909. The van der Waals surface area contributed by atoms with Gasteiger partial charge in [-0.1, -0.05) is 0 Å². The number of aliphatic hydroxyl groups excluding tert-OH is 1. The minimum Gasteiger partial charge on any atom is -0.507 e. The van der Waals surface area contributed by atoms with Gasteiger partial charge in [0, 0.05) is 11.6 Å². The molecule has 0 saturated carbocycles. The Morgan fingerprint density at radius 2 is 1.63 bits per heavy atom. The van der Waals surface area contributed by atoms with Crippen molar-refractivity contribution in [2.24, 2.45) is 0 Å². The lowest BCUT2D eigenvalue weighted by Crippen LogP contribution is -2.30. The van der Waals surface area contributed by atoms with Gasteiger partial charge in [-0.05, 0) is 55.5 Å². The van der Waals surface area contributed by atoms with Gasteiger partial charge in [0.05, 0.1) is 11.3 Å². The maximum absolute atomic E-state index is 14.5. The molecular weight excluding hydrogens is 399 g/mol. The Bertz CT molecular complexity index is 1200. The van der Waals surface area contributed by atoms with Crippen LogP contribution in [0.5, 0.6) is 0 Å². The van der Waals surface area contributed by atoms with Gasteiger partial charge < -0.3 is 9.52 Å². The standard InChI is InChI=1S/C22H14F3NO4/c1-11-2-9-17(30-11)19-18(20(27)12-3-5-13(23)6-4-12)21(28)22(29)26(19)16-10-14(24)7-8-15(16)25/h2-10,19,27H,1H3/b20-18-. The van der Waals surface area contributed by atoms with Crippen molar-refractivity contribution >= 4 is 23.1 Å². The van der Waals surface area contributed by atoms with E-state index in [0.29, 0.717) is 5.76 Å². The molecule has 1 unspecified atom stereocenters. The summed E-state index contributed by atoms with van der Waals surface area (Å²) in [5, 5.41) is 10.8. The normalized spacial score (nSPS) is 18.3. The summed E-state index contributed by atoms with van der Waals surface area (Å²) in [5.41, 5.74) is -0.790. The van der Waals surface area contributed by atoms with E-state index in [4.69, 9.17) is 4.42 Å². The number of aliphatic hydroxyl groups is 1. The highest BCUT2D eigenvalue weighted by Crippen LogP contribution is 2.43. The van der Waals surface area contributed by atoms with Crippen LogP contribution >= 0.6 is 0 Å². The molecule has 8 heteroatoms. The molecule has 1 N–H and O–H groups in total. The maximum atomic E-state index is 14.5. The molecule has 3 aromatic rings. The topological polar surface area (TPSA) is 70.8 Å². The van der Waals surface area contributed by atoms with Crippen molar-refractivity contribution in [2.45, 2.75) is 13.0 Å². The lowest BCUT2D eigenvalue weighted by atomic mass is 9.99. The van der Waals surface area contributed by atoms with Crippen molar-refractivity contribution in [1.29, 1.82) is 0 Å². The second-order valence-electron chi connectivity index (χ2n) is 6.72. The Morgan fingerprint density at radius 3 is 2.27 bits per heavy atom. The van der Waals surface area contributed by atoms with E-state index in [1.165, 1.54) is 18.2 Å². The number of Topliss-reactive ketones (excluding diaryl/α,β-unsaturated/α-hetero) is 1. The lowest BCUT2D eigenvalue weighted by Gasteiger charge is -2.23. The van der Waals surface area contributed by atoms with Gasteiger partial charge in [-0.25, -0.2) is 13.2 Å². The van der Waals surface area contributed by atoms with Crippen molar-refractivity contribution in [1.82, 2.24) is 0 Å². The largest absolute Gasteiger partial charge is 0.507 e. The molecule has 0 bridgehead atoms. The van der Waals surface area contributed by atoms with Crippen LogP contribution in [0.25, 0.3) is 5.76 Å². The molecule has 1 fully saturated rings. The van der Waals surface area contributed by atoms with E-state index in [1.54, 1.807) is 13.0 Å². The number of carbonyl (C=O) groups is 2. The van der Waals surface area contributed by atoms with Crippen molar-refractivity contribution in [3.05, 3.63) is 94.7 Å². The molecule has 1 amide bonds. The van der Waals surface area contributed by atoms with Gasteiger partial charge >= 0.3 is 0 Å². The van der Waals surface area contributed by atoms with Crippen LogP contribution in [0, 0.1) is 24.4 Å². The number of benzene rings is 2. The molecule has 0 spiro atoms. The molecule has 2 heterocycles. The molecule has 4 rings (SSSR count). The van der Waals surface area contributed by atoms with Crippen molar-refractivity contribution in [2.75, 3.05) is 4.90 Å². The van der Waals surface area contributed by atoms with Gasteiger partial charge in [0.2, 0.25) is 0 Å². The minimum atomic E-state index is -1.35. The number of rotatable bonds is 3. The highest BCUT2D eigenvalue weighted by Gasteiger charge is 2.49. The number of nitrogens with zero attached hydrogens (tertiary/aromatic N) is 1. The van der Waals surface area contributed by atoms with E-state index in [-0.39, 0.29) is 16.9 Å². The second kappa shape index (κ2) is 7.22. The fourth-order valence-electron chi connectivity index (χ4n) is 3.38. The molecule has 2 aromatic carbocycles. The number of carbonyl (C=O) groups excluding carboxylic acids is 2. The summed E-state index contributed by atoms with van der Waals surface area (Å²) in [6.45, 7) is 1.62. The van der Waals surface area contributed by atoms with Gasteiger partial charge in [0.1, 0.15) is 40.8 Å². The summed E-state index contributed by atoms with van der Waals surface area (Å²) in [6, 6.07) is 8.77. The summed E-state index contributed by atoms with van der Waals surface area (Å²) in [7, 11) is 0. The highest BCUT2D eigenvalue weighted by atomic mass is 19.1. The predicted molar refractivity (Wildman–Crippen MR) is 101 cm³/mol. The van der Waals surface area contributed by atoms with Crippen LogP contribution in [0.15, 0.2) is 64.6 Å². The minimum absolute atomic E-state index is 0.0685. The monoisotopic (exact) mass is 413 g/mol. The summed E-state index contributed by atoms with van der Waals surface area (Å²) in [5.74, 6) is -4.67. The average molecular weight is 413 g/mol. The molecule has 1 aliphatic rings. The van der Waals surface area contributed by atoms with Crippen LogP contribution in [0.3, 0.4) is 0 Å². The van der Waals surface area contributed by atoms with Gasteiger partial charge in [-0.3, -0.25) is 14.5 Å². The van der Waals surface area contributed by atoms with Crippen LogP contribution < -0.4 is 4.90 Å². The molecule has 0 radical (unpaired) electrons. The number of furan rings is 1. The number of hydrogen-bond acceptors (Lipinski definition) is 4. The lowest BCUT2D eigenvalue weighted by molar-refractivity contribution is -0.132. The van der Waals surface area contributed by atoms with E-state index >= 15 is 0 Å². The SMILES string of the molecule is Cc1ccc(C2/C(=C(/O)c3ccc(F)cc3)C(=O)C(=O)N2c2cc(F)ccc2F)o1.